The van der Waals surface area contributed by atoms with Crippen molar-refractivity contribution in [1.82, 2.24) is 0 Å². The van der Waals surface area contributed by atoms with E-state index < -0.39 is 0 Å². The second-order valence-electron chi connectivity index (χ2n) is 5.67. The molecule has 0 radical (unpaired) electrons. The molecule has 1 aromatic rings. The minimum atomic E-state index is 0.263. The molecule has 0 spiro atoms. The van der Waals surface area contributed by atoms with Crippen LogP contribution < -0.4 is 5.32 Å². The standard InChI is InChI=1S/C16H25N/c1-5-8-14-13-10-7-9-12(3)15(13)17-16(14,4)11-6-2/h7,9-10,14,17H,5-6,8,11H2,1-4H3. The van der Waals surface area contributed by atoms with Crippen molar-refractivity contribution in [2.75, 3.05) is 5.32 Å². The summed E-state index contributed by atoms with van der Waals surface area (Å²) in [7, 11) is 0. The fourth-order valence-corrected chi connectivity index (χ4v) is 3.39. The van der Waals surface area contributed by atoms with Gasteiger partial charge in [0.25, 0.3) is 0 Å². The highest BCUT2D eigenvalue weighted by molar-refractivity contribution is 5.65. The number of para-hydroxylation sites is 1. The summed E-state index contributed by atoms with van der Waals surface area (Å²) in [4.78, 5) is 0. The van der Waals surface area contributed by atoms with Gasteiger partial charge < -0.3 is 5.32 Å². The Morgan fingerprint density at radius 2 is 2.00 bits per heavy atom. The van der Waals surface area contributed by atoms with Crippen molar-refractivity contribution in [2.45, 2.75) is 64.8 Å². The first kappa shape index (κ1) is 12.5. The fourth-order valence-electron chi connectivity index (χ4n) is 3.39. The number of nitrogens with one attached hydrogen (secondary N) is 1. The molecular weight excluding hydrogens is 206 g/mol. The number of aryl methyl sites for hydroxylation is 1. The van der Waals surface area contributed by atoms with E-state index >= 15 is 0 Å². The SMILES string of the molecule is CCCC1c2cccc(C)c2NC1(C)CCC. The van der Waals surface area contributed by atoms with E-state index in [1.54, 1.807) is 5.56 Å². The van der Waals surface area contributed by atoms with Crippen LogP contribution in [-0.4, -0.2) is 5.54 Å². The second-order valence-corrected chi connectivity index (χ2v) is 5.67. The highest BCUT2D eigenvalue weighted by atomic mass is 15.0. The van der Waals surface area contributed by atoms with E-state index in [1.165, 1.54) is 36.9 Å². The van der Waals surface area contributed by atoms with E-state index in [1.807, 2.05) is 0 Å². The third kappa shape index (κ3) is 2.08. The molecule has 0 saturated heterocycles. The highest BCUT2D eigenvalue weighted by Crippen LogP contribution is 2.48. The molecule has 2 rings (SSSR count). The maximum Gasteiger partial charge on any atom is 0.0414 e. The number of anilines is 1. The van der Waals surface area contributed by atoms with Crippen LogP contribution in [0, 0.1) is 6.92 Å². The van der Waals surface area contributed by atoms with Gasteiger partial charge in [0.05, 0.1) is 0 Å². The smallest absolute Gasteiger partial charge is 0.0414 e. The molecule has 0 saturated carbocycles. The summed E-state index contributed by atoms with van der Waals surface area (Å²) < 4.78 is 0. The Hall–Kier alpha value is -0.980. The molecule has 1 aromatic carbocycles. The van der Waals surface area contributed by atoms with Crippen LogP contribution in [0.1, 0.15) is 63.5 Å². The normalized spacial score (nSPS) is 26.7. The lowest BCUT2D eigenvalue weighted by Crippen LogP contribution is -2.36. The molecule has 2 unspecified atom stereocenters. The first-order chi connectivity index (χ1) is 8.12. The zero-order chi connectivity index (χ0) is 12.5. The average molecular weight is 231 g/mol. The lowest BCUT2D eigenvalue weighted by molar-refractivity contribution is 0.380. The lowest BCUT2D eigenvalue weighted by atomic mass is 9.78. The number of hydrogen-bond acceptors (Lipinski definition) is 1. The number of benzene rings is 1. The number of fused-ring (bicyclic) bond motifs is 1. The first-order valence-corrected chi connectivity index (χ1v) is 7.00. The summed E-state index contributed by atoms with van der Waals surface area (Å²) in [5.74, 6) is 0.683. The van der Waals surface area contributed by atoms with Gasteiger partial charge in [-0.1, -0.05) is 44.9 Å². The van der Waals surface area contributed by atoms with Gasteiger partial charge in [-0.25, -0.2) is 0 Å². The summed E-state index contributed by atoms with van der Waals surface area (Å²) in [6, 6.07) is 6.74. The van der Waals surface area contributed by atoms with Crippen LogP contribution >= 0.6 is 0 Å². The van der Waals surface area contributed by atoms with E-state index in [-0.39, 0.29) is 5.54 Å². The van der Waals surface area contributed by atoms with Gasteiger partial charge in [-0.2, -0.15) is 0 Å². The third-order valence-corrected chi connectivity index (χ3v) is 4.21. The Kier molecular flexibility index (Phi) is 3.46. The average Bonchev–Trinajstić information content (AvgIpc) is 2.56. The van der Waals surface area contributed by atoms with Crippen LogP contribution in [0.25, 0.3) is 0 Å². The predicted molar refractivity (Wildman–Crippen MR) is 75.8 cm³/mol. The minimum Gasteiger partial charge on any atom is -0.379 e. The monoisotopic (exact) mass is 231 g/mol. The molecule has 1 heterocycles. The zero-order valence-corrected chi connectivity index (χ0v) is 11.6. The highest BCUT2D eigenvalue weighted by Gasteiger charge is 2.41. The number of rotatable bonds is 4. The van der Waals surface area contributed by atoms with Gasteiger partial charge in [0.15, 0.2) is 0 Å². The molecule has 1 N–H and O–H groups in total. The van der Waals surface area contributed by atoms with E-state index in [9.17, 15) is 0 Å². The lowest BCUT2D eigenvalue weighted by Gasteiger charge is -2.32. The Balaban J connectivity index is 2.40. The third-order valence-electron chi connectivity index (χ3n) is 4.21. The zero-order valence-electron chi connectivity index (χ0n) is 11.6. The molecule has 1 nitrogen and oxygen atoms in total. The van der Waals surface area contributed by atoms with Crippen LogP contribution in [0.4, 0.5) is 5.69 Å². The van der Waals surface area contributed by atoms with Crippen LogP contribution in [-0.2, 0) is 0 Å². The maximum absolute atomic E-state index is 3.81. The van der Waals surface area contributed by atoms with Crippen LogP contribution in [0.2, 0.25) is 0 Å². The van der Waals surface area contributed by atoms with Crippen molar-refractivity contribution >= 4 is 5.69 Å². The second kappa shape index (κ2) is 4.72. The van der Waals surface area contributed by atoms with Crippen LogP contribution in [0.3, 0.4) is 0 Å². The summed E-state index contributed by atoms with van der Waals surface area (Å²) >= 11 is 0. The molecule has 1 aliphatic heterocycles. The summed E-state index contributed by atoms with van der Waals surface area (Å²) in [6.07, 6.45) is 5.06. The first-order valence-electron chi connectivity index (χ1n) is 7.00. The van der Waals surface area contributed by atoms with Crippen molar-refractivity contribution in [3.8, 4) is 0 Å². The Bertz CT molecular complexity index is 397. The summed E-state index contributed by atoms with van der Waals surface area (Å²) in [6.45, 7) is 9.19. The van der Waals surface area contributed by atoms with Gasteiger partial charge in [0, 0.05) is 17.1 Å². The quantitative estimate of drug-likeness (QED) is 0.780. The van der Waals surface area contributed by atoms with Crippen molar-refractivity contribution in [3.63, 3.8) is 0 Å². The predicted octanol–water partition coefficient (Wildman–Crippen LogP) is 4.86. The fraction of sp³-hybridized carbons (Fsp3) is 0.625. The van der Waals surface area contributed by atoms with Crippen molar-refractivity contribution in [1.29, 1.82) is 0 Å². The molecule has 0 amide bonds. The van der Waals surface area contributed by atoms with Crippen molar-refractivity contribution in [2.24, 2.45) is 0 Å². The summed E-state index contributed by atoms with van der Waals surface area (Å²) in [5, 5.41) is 3.81. The van der Waals surface area contributed by atoms with Gasteiger partial charge in [0.2, 0.25) is 0 Å². The summed E-state index contributed by atoms with van der Waals surface area (Å²) in [5.41, 5.74) is 4.60. The van der Waals surface area contributed by atoms with Gasteiger partial charge in [0.1, 0.15) is 0 Å². The molecule has 0 fully saturated rings. The van der Waals surface area contributed by atoms with E-state index in [2.05, 4.69) is 51.2 Å². The molecule has 17 heavy (non-hydrogen) atoms. The van der Waals surface area contributed by atoms with E-state index in [0.29, 0.717) is 5.92 Å². The Morgan fingerprint density at radius 1 is 1.24 bits per heavy atom. The molecule has 0 aliphatic carbocycles. The molecule has 2 atom stereocenters. The maximum atomic E-state index is 3.81. The van der Waals surface area contributed by atoms with Crippen LogP contribution in [0.5, 0.6) is 0 Å². The Morgan fingerprint density at radius 3 is 2.65 bits per heavy atom. The van der Waals surface area contributed by atoms with E-state index in [4.69, 9.17) is 0 Å². The van der Waals surface area contributed by atoms with Crippen molar-refractivity contribution in [3.05, 3.63) is 29.3 Å². The molecule has 1 aliphatic rings. The minimum absolute atomic E-state index is 0.263. The van der Waals surface area contributed by atoms with Gasteiger partial charge in [-0.05, 0) is 37.8 Å². The van der Waals surface area contributed by atoms with Gasteiger partial charge >= 0.3 is 0 Å². The molecule has 1 heteroatoms. The molecule has 0 bridgehead atoms. The molecule has 0 aromatic heterocycles. The van der Waals surface area contributed by atoms with Gasteiger partial charge in [-0.15, -0.1) is 0 Å². The van der Waals surface area contributed by atoms with Gasteiger partial charge in [-0.3, -0.25) is 0 Å². The largest absolute Gasteiger partial charge is 0.379 e. The molecule has 94 valence electrons. The Labute approximate surface area is 106 Å². The molecular formula is C16H25N. The van der Waals surface area contributed by atoms with Crippen LogP contribution in [0.15, 0.2) is 18.2 Å². The van der Waals surface area contributed by atoms with Crippen molar-refractivity contribution < 1.29 is 0 Å². The number of hydrogen-bond donors (Lipinski definition) is 1. The topological polar surface area (TPSA) is 12.0 Å². The van der Waals surface area contributed by atoms with E-state index in [0.717, 1.165) is 0 Å².